The van der Waals surface area contributed by atoms with Gasteiger partial charge in [-0.25, -0.2) is 23.8 Å². The quantitative estimate of drug-likeness (QED) is 0.257. The first-order valence-corrected chi connectivity index (χ1v) is 13.7. The van der Waals surface area contributed by atoms with Crippen LogP contribution in [0.2, 0.25) is 5.02 Å². The Hall–Kier alpha value is -2.35. The van der Waals surface area contributed by atoms with Crippen LogP contribution in [0.3, 0.4) is 0 Å². The number of thiazole rings is 1. The van der Waals surface area contributed by atoms with E-state index >= 15 is 4.39 Å². The molecule has 0 aliphatic carbocycles. The zero-order valence-electron chi connectivity index (χ0n) is 20.6. The van der Waals surface area contributed by atoms with E-state index in [1.165, 1.54) is 6.33 Å². The molecule has 4 heterocycles. The first-order chi connectivity index (χ1) is 17.7. The summed E-state index contributed by atoms with van der Waals surface area (Å²) in [6.07, 6.45) is 0.637. The number of methoxy groups -OCH3 is 1. The van der Waals surface area contributed by atoms with Crippen molar-refractivity contribution in [3.63, 3.8) is 0 Å². The van der Waals surface area contributed by atoms with Gasteiger partial charge in [-0.15, -0.1) is 0 Å². The SMILES string of the molecule is CCOC(=O)c1sc(N2CC[C@@H](CC(=O)c3[nH]c(C)c(Cl)c3Br)[C@@H](F)C2)nc1-c1ncnn1CCOC. The Morgan fingerprint density at radius 1 is 1.41 bits per heavy atom. The summed E-state index contributed by atoms with van der Waals surface area (Å²) in [4.78, 5) is 39.6. The summed E-state index contributed by atoms with van der Waals surface area (Å²) < 4.78 is 27.8. The third kappa shape index (κ3) is 5.89. The summed E-state index contributed by atoms with van der Waals surface area (Å²) in [5.74, 6) is -0.755. The zero-order chi connectivity index (χ0) is 26.7. The summed E-state index contributed by atoms with van der Waals surface area (Å²) in [7, 11) is 1.58. The number of halogens is 3. The Balaban J connectivity index is 1.52. The molecule has 1 aliphatic heterocycles. The van der Waals surface area contributed by atoms with Crippen molar-refractivity contribution in [2.45, 2.75) is 39.4 Å². The van der Waals surface area contributed by atoms with Gasteiger partial charge in [0.2, 0.25) is 0 Å². The Bertz CT molecular complexity index is 1280. The molecular formula is C23H27BrClFN6O4S. The van der Waals surface area contributed by atoms with Crippen LogP contribution in [-0.4, -0.2) is 76.1 Å². The number of aromatic amines is 1. The summed E-state index contributed by atoms with van der Waals surface area (Å²) >= 11 is 10.6. The Labute approximate surface area is 230 Å². The van der Waals surface area contributed by atoms with Crippen molar-refractivity contribution in [3.8, 4) is 11.5 Å². The predicted octanol–water partition coefficient (Wildman–Crippen LogP) is 4.71. The molecule has 200 valence electrons. The molecule has 0 unspecified atom stereocenters. The number of carbonyl (C=O) groups excluding carboxylic acids is 2. The number of hydrogen-bond acceptors (Lipinski definition) is 9. The van der Waals surface area contributed by atoms with Gasteiger partial charge in [0.15, 0.2) is 16.7 Å². The van der Waals surface area contributed by atoms with Gasteiger partial charge in [0.05, 0.1) is 41.5 Å². The van der Waals surface area contributed by atoms with E-state index < -0.39 is 18.1 Å². The summed E-state index contributed by atoms with van der Waals surface area (Å²) in [5, 5.41) is 5.14. The Kier molecular flexibility index (Phi) is 8.98. The summed E-state index contributed by atoms with van der Waals surface area (Å²) in [5.41, 5.74) is 1.38. The van der Waals surface area contributed by atoms with Crippen molar-refractivity contribution < 1.29 is 23.5 Å². The number of ether oxygens (including phenoxy) is 2. The van der Waals surface area contributed by atoms with Gasteiger partial charge in [-0.05, 0) is 36.2 Å². The fraction of sp³-hybridized carbons (Fsp3) is 0.522. The lowest BCUT2D eigenvalue weighted by atomic mass is 9.89. The molecule has 0 saturated carbocycles. The van der Waals surface area contributed by atoms with Crippen LogP contribution in [0, 0.1) is 12.8 Å². The van der Waals surface area contributed by atoms with E-state index in [0.717, 1.165) is 11.3 Å². The second-order valence-electron chi connectivity index (χ2n) is 8.59. The van der Waals surface area contributed by atoms with Crippen LogP contribution >= 0.6 is 38.9 Å². The van der Waals surface area contributed by atoms with Gasteiger partial charge in [-0.3, -0.25) is 4.79 Å². The van der Waals surface area contributed by atoms with Crippen LogP contribution in [0.5, 0.6) is 0 Å². The lowest BCUT2D eigenvalue weighted by Crippen LogP contribution is -2.42. The molecule has 0 bridgehead atoms. The van der Waals surface area contributed by atoms with Crippen LogP contribution in [-0.2, 0) is 16.0 Å². The minimum Gasteiger partial charge on any atom is -0.462 e. The Morgan fingerprint density at radius 3 is 2.84 bits per heavy atom. The maximum atomic E-state index is 15.3. The number of alkyl halides is 1. The molecule has 1 N–H and O–H groups in total. The van der Waals surface area contributed by atoms with Crippen molar-refractivity contribution in [1.82, 2.24) is 24.7 Å². The van der Waals surface area contributed by atoms with E-state index in [-0.39, 0.29) is 30.2 Å². The molecule has 37 heavy (non-hydrogen) atoms. The molecule has 0 spiro atoms. The number of rotatable bonds is 10. The van der Waals surface area contributed by atoms with E-state index in [1.807, 2.05) is 0 Å². The van der Waals surface area contributed by atoms with Crippen molar-refractivity contribution in [3.05, 3.63) is 32.1 Å². The van der Waals surface area contributed by atoms with Crippen LogP contribution < -0.4 is 4.90 Å². The number of carbonyl (C=O) groups is 2. The number of nitrogens with zero attached hydrogens (tertiary/aromatic N) is 5. The minimum atomic E-state index is -1.26. The molecule has 1 aliphatic rings. The summed E-state index contributed by atoms with van der Waals surface area (Å²) in [6, 6.07) is 0. The first kappa shape index (κ1) is 27.7. The molecule has 0 aromatic carbocycles. The van der Waals surface area contributed by atoms with Crippen LogP contribution in [0.4, 0.5) is 9.52 Å². The average Bonchev–Trinajstić information content (AvgIpc) is 3.58. The van der Waals surface area contributed by atoms with Crippen molar-refractivity contribution in [2.75, 3.05) is 38.3 Å². The monoisotopic (exact) mass is 616 g/mol. The first-order valence-electron chi connectivity index (χ1n) is 11.8. The molecule has 2 atom stereocenters. The predicted molar refractivity (Wildman–Crippen MR) is 141 cm³/mol. The van der Waals surface area contributed by atoms with Gasteiger partial charge >= 0.3 is 5.97 Å². The highest BCUT2D eigenvalue weighted by Crippen LogP contribution is 2.37. The Morgan fingerprint density at radius 2 is 2.19 bits per heavy atom. The van der Waals surface area contributed by atoms with Crippen molar-refractivity contribution in [1.29, 1.82) is 0 Å². The third-order valence-electron chi connectivity index (χ3n) is 6.14. The number of H-pyrrole nitrogens is 1. The number of hydrogen-bond donors (Lipinski definition) is 1. The molecule has 1 fully saturated rings. The average molecular weight is 618 g/mol. The number of piperidine rings is 1. The van der Waals surface area contributed by atoms with Gasteiger partial charge in [-0.1, -0.05) is 22.9 Å². The normalized spacial score (nSPS) is 17.8. The van der Waals surface area contributed by atoms with Crippen LogP contribution in [0.15, 0.2) is 10.8 Å². The van der Waals surface area contributed by atoms with E-state index in [0.29, 0.717) is 63.7 Å². The molecule has 3 aromatic rings. The van der Waals surface area contributed by atoms with Gasteiger partial charge in [0.1, 0.15) is 23.1 Å². The smallest absolute Gasteiger partial charge is 0.350 e. The lowest BCUT2D eigenvalue weighted by Gasteiger charge is -2.34. The maximum absolute atomic E-state index is 15.3. The van der Waals surface area contributed by atoms with E-state index in [2.05, 4.69) is 36.0 Å². The van der Waals surface area contributed by atoms with E-state index in [9.17, 15) is 9.59 Å². The number of ketones is 1. The largest absolute Gasteiger partial charge is 0.462 e. The molecule has 1 saturated heterocycles. The number of anilines is 1. The van der Waals surface area contributed by atoms with Gasteiger partial charge in [0.25, 0.3) is 0 Å². The standard InChI is InChI=1S/C23H27BrClFN6O4S/c1-4-36-22(34)20-19(21-27-11-28-32(21)7-8-35-3)30-23(37-20)31-6-5-13(14(26)10-31)9-15(33)18-16(24)17(25)12(2)29-18/h11,13-14,29H,4-10H2,1-3H3/t13-,14-/m0/s1. The van der Waals surface area contributed by atoms with E-state index in [1.54, 1.807) is 30.5 Å². The lowest BCUT2D eigenvalue weighted by molar-refractivity contribution is 0.0532. The third-order valence-corrected chi connectivity index (χ3v) is 8.73. The zero-order valence-corrected chi connectivity index (χ0v) is 23.8. The fourth-order valence-corrected chi connectivity index (χ4v) is 5.93. The molecule has 3 aromatic heterocycles. The van der Waals surface area contributed by atoms with E-state index in [4.69, 9.17) is 21.1 Å². The second-order valence-corrected chi connectivity index (χ2v) is 10.7. The molecule has 4 rings (SSSR count). The molecule has 0 radical (unpaired) electrons. The van der Waals surface area contributed by atoms with Crippen LogP contribution in [0.25, 0.3) is 11.5 Å². The maximum Gasteiger partial charge on any atom is 0.350 e. The summed E-state index contributed by atoms with van der Waals surface area (Å²) in [6.45, 7) is 5.06. The highest BCUT2D eigenvalue weighted by Gasteiger charge is 2.35. The highest BCUT2D eigenvalue weighted by atomic mass is 79.9. The number of nitrogens with one attached hydrogen (secondary N) is 1. The molecule has 14 heteroatoms. The second kappa shape index (κ2) is 12.0. The number of esters is 1. The topological polar surface area (TPSA) is 115 Å². The minimum absolute atomic E-state index is 0.0508. The highest BCUT2D eigenvalue weighted by molar-refractivity contribution is 9.10. The van der Waals surface area contributed by atoms with Gasteiger partial charge < -0.3 is 19.4 Å². The van der Waals surface area contributed by atoms with Gasteiger partial charge in [0, 0.05) is 31.7 Å². The number of Topliss-reactive ketones (excluding diaryl/α,β-unsaturated/α-hetero) is 1. The van der Waals surface area contributed by atoms with Gasteiger partial charge in [-0.2, -0.15) is 5.10 Å². The van der Waals surface area contributed by atoms with Crippen molar-refractivity contribution in [2.24, 2.45) is 5.92 Å². The number of aryl methyl sites for hydroxylation is 1. The van der Waals surface area contributed by atoms with Crippen molar-refractivity contribution >= 4 is 55.8 Å². The molecule has 10 nitrogen and oxygen atoms in total. The fourth-order valence-electron chi connectivity index (χ4n) is 4.18. The molecule has 0 amide bonds. The number of aromatic nitrogens is 5. The van der Waals surface area contributed by atoms with Crippen LogP contribution in [0.1, 0.15) is 45.6 Å². The molecular weight excluding hydrogens is 591 g/mol.